The van der Waals surface area contributed by atoms with E-state index in [1.54, 1.807) is 0 Å². The highest BCUT2D eigenvalue weighted by Crippen LogP contribution is 2.27. The van der Waals surface area contributed by atoms with Gasteiger partial charge in [-0.15, -0.1) is 10.2 Å². The van der Waals surface area contributed by atoms with Crippen LogP contribution in [0.15, 0.2) is 89.1 Å². The molecule has 1 heterocycles. The standard InChI is InChI=1S/C23H17F2N5OS/c24-18-12-11-17(20(25)13-18)14-26-27-21(31)15-32-23-29-28-22(16-7-3-1-4-8-16)30(23)19-9-5-2-6-10-19/h1-14H,15H2,(H,27,31)/b26-14-. The third-order valence-electron chi connectivity index (χ3n) is 4.37. The first-order valence-corrected chi connectivity index (χ1v) is 10.6. The second kappa shape index (κ2) is 9.97. The molecule has 1 N–H and O–H groups in total. The fourth-order valence-electron chi connectivity index (χ4n) is 2.89. The lowest BCUT2D eigenvalue weighted by atomic mass is 10.2. The molecule has 3 aromatic carbocycles. The Morgan fingerprint density at radius 3 is 2.44 bits per heavy atom. The molecule has 1 aromatic heterocycles. The monoisotopic (exact) mass is 449 g/mol. The van der Waals surface area contributed by atoms with Gasteiger partial charge in [0, 0.05) is 22.9 Å². The van der Waals surface area contributed by atoms with Crippen LogP contribution in [-0.4, -0.2) is 32.6 Å². The van der Waals surface area contributed by atoms with Crippen molar-refractivity contribution >= 4 is 23.9 Å². The molecule has 0 aliphatic heterocycles. The second-order valence-electron chi connectivity index (χ2n) is 6.59. The number of thioether (sulfide) groups is 1. The number of nitrogens with one attached hydrogen (secondary N) is 1. The van der Waals surface area contributed by atoms with Crippen molar-refractivity contribution in [2.45, 2.75) is 5.16 Å². The van der Waals surface area contributed by atoms with Crippen LogP contribution >= 0.6 is 11.8 Å². The van der Waals surface area contributed by atoms with Gasteiger partial charge in [0.2, 0.25) is 0 Å². The maximum absolute atomic E-state index is 13.6. The molecule has 0 saturated heterocycles. The molecule has 9 heteroatoms. The Morgan fingerprint density at radius 1 is 1.00 bits per heavy atom. The lowest BCUT2D eigenvalue weighted by Crippen LogP contribution is -2.20. The van der Waals surface area contributed by atoms with Crippen LogP contribution in [-0.2, 0) is 4.79 Å². The minimum Gasteiger partial charge on any atom is -0.272 e. The zero-order valence-electron chi connectivity index (χ0n) is 16.7. The van der Waals surface area contributed by atoms with Gasteiger partial charge in [0.25, 0.3) is 5.91 Å². The van der Waals surface area contributed by atoms with Crippen molar-refractivity contribution < 1.29 is 13.6 Å². The lowest BCUT2D eigenvalue weighted by Gasteiger charge is -2.10. The number of aromatic nitrogens is 3. The molecule has 0 aliphatic rings. The van der Waals surface area contributed by atoms with Crippen molar-refractivity contribution in [2.75, 3.05) is 5.75 Å². The topological polar surface area (TPSA) is 72.2 Å². The number of hydrogen-bond donors (Lipinski definition) is 1. The van der Waals surface area contributed by atoms with E-state index in [9.17, 15) is 13.6 Å². The van der Waals surface area contributed by atoms with E-state index in [4.69, 9.17) is 0 Å². The number of hydrogen-bond acceptors (Lipinski definition) is 5. The maximum atomic E-state index is 13.6. The van der Waals surface area contributed by atoms with Crippen molar-refractivity contribution in [1.82, 2.24) is 20.2 Å². The second-order valence-corrected chi connectivity index (χ2v) is 7.53. The summed E-state index contributed by atoms with van der Waals surface area (Å²) in [5.41, 5.74) is 4.16. The summed E-state index contributed by atoms with van der Waals surface area (Å²) in [7, 11) is 0. The first-order valence-electron chi connectivity index (χ1n) is 9.58. The zero-order chi connectivity index (χ0) is 22.3. The van der Waals surface area contributed by atoms with Crippen LogP contribution in [0, 0.1) is 11.6 Å². The van der Waals surface area contributed by atoms with E-state index >= 15 is 0 Å². The van der Waals surface area contributed by atoms with Gasteiger partial charge >= 0.3 is 0 Å². The lowest BCUT2D eigenvalue weighted by molar-refractivity contribution is -0.118. The predicted octanol–water partition coefficient (Wildman–Crippen LogP) is 4.45. The molecule has 0 atom stereocenters. The van der Waals surface area contributed by atoms with Crippen LogP contribution < -0.4 is 5.43 Å². The van der Waals surface area contributed by atoms with E-state index in [0.29, 0.717) is 11.0 Å². The molecule has 0 fully saturated rings. The van der Waals surface area contributed by atoms with Gasteiger partial charge in [0.1, 0.15) is 11.6 Å². The Morgan fingerprint density at radius 2 is 1.72 bits per heavy atom. The highest BCUT2D eigenvalue weighted by atomic mass is 32.2. The molecule has 0 unspecified atom stereocenters. The number of carbonyl (C=O) groups excluding carboxylic acids is 1. The number of rotatable bonds is 7. The summed E-state index contributed by atoms with van der Waals surface area (Å²) in [6.07, 6.45) is 1.12. The number of hydrazone groups is 1. The average molecular weight is 449 g/mol. The number of carbonyl (C=O) groups is 1. The average Bonchev–Trinajstić information content (AvgIpc) is 3.24. The number of benzene rings is 3. The van der Waals surface area contributed by atoms with Gasteiger partial charge in [0.15, 0.2) is 11.0 Å². The molecular weight excluding hydrogens is 432 g/mol. The summed E-state index contributed by atoms with van der Waals surface area (Å²) >= 11 is 1.20. The largest absolute Gasteiger partial charge is 0.272 e. The van der Waals surface area contributed by atoms with Crippen LogP contribution in [0.25, 0.3) is 17.1 Å². The highest BCUT2D eigenvalue weighted by molar-refractivity contribution is 7.99. The summed E-state index contributed by atoms with van der Waals surface area (Å²) in [5, 5.41) is 12.9. The van der Waals surface area contributed by atoms with Gasteiger partial charge in [0.05, 0.1) is 12.0 Å². The summed E-state index contributed by atoms with van der Waals surface area (Å²) < 4.78 is 28.5. The molecule has 6 nitrogen and oxygen atoms in total. The third kappa shape index (κ3) is 5.06. The predicted molar refractivity (Wildman–Crippen MR) is 120 cm³/mol. The van der Waals surface area contributed by atoms with E-state index in [0.717, 1.165) is 29.6 Å². The fourth-order valence-corrected chi connectivity index (χ4v) is 3.63. The van der Waals surface area contributed by atoms with Gasteiger partial charge in [-0.1, -0.05) is 60.3 Å². The molecule has 0 bridgehead atoms. The van der Waals surface area contributed by atoms with E-state index in [1.807, 2.05) is 65.2 Å². The Kier molecular flexibility index (Phi) is 6.66. The number of nitrogens with zero attached hydrogens (tertiary/aromatic N) is 4. The first kappa shape index (κ1) is 21.4. The van der Waals surface area contributed by atoms with Crippen molar-refractivity contribution in [3.05, 3.63) is 96.1 Å². The van der Waals surface area contributed by atoms with Gasteiger partial charge in [-0.3, -0.25) is 9.36 Å². The summed E-state index contributed by atoms with van der Waals surface area (Å²) in [6.45, 7) is 0. The fraction of sp³-hybridized carbons (Fsp3) is 0.0435. The van der Waals surface area contributed by atoms with Crippen LogP contribution in [0.2, 0.25) is 0 Å². The molecule has 0 aliphatic carbocycles. The Hall–Kier alpha value is -3.85. The molecule has 4 rings (SSSR count). The van der Waals surface area contributed by atoms with Crippen molar-refractivity contribution in [2.24, 2.45) is 5.10 Å². The molecular formula is C23H17F2N5OS. The number of para-hydroxylation sites is 1. The van der Waals surface area contributed by atoms with Crippen LogP contribution in [0.1, 0.15) is 5.56 Å². The molecule has 1 amide bonds. The van der Waals surface area contributed by atoms with Crippen LogP contribution in [0.3, 0.4) is 0 Å². The summed E-state index contributed by atoms with van der Waals surface area (Å²) in [6, 6.07) is 22.3. The highest BCUT2D eigenvalue weighted by Gasteiger charge is 2.17. The molecule has 160 valence electrons. The van der Waals surface area contributed by atoms with Gasteiger partial charge in [-0.2, -0.15) is 5.10 Å². The van der Waals surface area contributed by atoms with Gasteiger partial charge < -0.3 is 0 Å². The molecule has 4 aromatic rings. The van der Waals surface area contributed by atoms with Gasteiger partial charge in [-0.05, 0) is 24.3 Å². The maximum Gasteiger partial charge on any atom is 0.250 e. The van der Waals surface area contributed by atoms with E-state index in [-0.39, 0.29) is 11.3 Å². The molecule has 32 heavy (non-hydrogen) atoms. The van der Waals surface area contributed by atoms with Crippen molar-refractivity contribution in [3.63, 3.8) is 0 Å². The molecule has 0 saturated carbocycles. The van der Waals surface area contributed by atoms with E-state index in [1.165, 1.54) is 17.8 Å². The molecule has 0 spiro atoms. The Labute approximate surface area is 187 Å². The van der Waals surface area contributed by atoms with E-state index < -0.39 is 17.5 Å². The zero-order valence-corrected chi connectivity index (χ0v) is 17.5. The van der Waals surface area contributed by atoms with Gasteiger partial charge in [-0.25, -0.2) is 14.2 Å². The SMILES string of the molecule is O=C(CSc1nnc(-c2ccccc2)n1-c1ccccc1)N/N=C\c1ccc(F)cc1F. The van der Waals surface area contributed by atoms with E-state index in [2.05, 4.69) is 20.7 Å². The number of halogens is 2. The Balaban J connectivity index is 1.48. The minimum atomic E-state index is -0.762. The van der Waals surface area contributed by atoms with Crippen molar-refractivity contribution in [3.8, 4) is 17.1 Å². The van der Waals surface area contributed by atoms with Crippen LogP contribution in [0.5, 0.6) is 0 Å². The third-order valence-corrected chi connectivity index (χ3v) is 5.30. The normalized spacial score (nSPS) is 11.1. The molecule has 0 radical (unpaired) electrons. The first-order chi connectivity index (χ1) is 15.6. The summed E-state index contributed by atoms with van der Waals surface area (Å²) in [5.74, 6) is -1.18. The smallest absolute Gasteiger partial charge is 0.250 e. The van der Waals surface area contributed by atoms with Crippen LogP contribution in [0.4, 0.5) is 8.78 Å². The van der Waals surface area contributed by atoms with Crippen molar-refractivity contribution in [1.29, 1.82) is 0 Å². The minimum absolute atomic E-state index is 0.0169. The quantitative estimate of drug-likeness (QED) is 0.257. The Bertz CT molecular complexity index is 1250. The summed E-state index contributed by atoms with van der Waals surface area (Å²) in [4.78, 5) is 12.2. The number of amides is 1.